The molecule has 4 saturated carbocycles. The number of amides is 2. The summed E-state index contributed by atoms with van der Waals surface area (Å²) >= 11 is 0. The number of rotatable bonds is 1. The van der Waals surface area contributed by atoms with Gasteiger partial charge in [0.1, 0.15) is 11.5 Å². The van der Waals surface area contributed by atoms with Crippen molar-refractivity contribution in [1.82, 2.24) is 4.90 Å². The van der Waals surface area contributed by atoms with E-state index >= 15 is 0 Å². The van der Waals surface area contributed by atoms with Crippen molar-refractivity contribution in [3.63, 3.8) is 0 Å². The summed E-state index contributed by atoms with van der Waals surface area (Å²) in [6, 6.07) is 1.98. The first-order chi connectivity index (χ1) is 12.8. The van der Waals surface area contributed by atoms with Crippen LogP contribution in [0.4, 0.5) is 0 Å². The Hall–Kier alpha value is -2.10. The average Bonchev–Trinajstić information content (AvgIpc) is 3.05. The molecule has 1 saturated heterocycles. The molecule has 6 rings (SSSR count). The van der Waals surface area contributed by atoms with Gasteiger partial charge in [-0.15, -0.1) is 0 Å². The van der Waals surface area contributed by atoms with Gasteiger partial charge in [0.2, 0.25) is 0 Å². The summed E-state index contributed by atoms with van der Waals surface area (Å²) in [6.45, 7) is 5.81. The normalized spacial score (nSPS) is 34.3. The van der Waals surface area contributed by atoms with E-state index in [1.165, 1.54) is 42.6 Å². The summed E-state index contributed by atoms with van der Waals surface area (Å²) in [5, 5.41) is 0. The Balaban J connectivity index is 1.72. The van der Waals surface area contributed by atoms with Crippen LogP contribution < -0.4 is 0 Å². The number of aryl methyl sites for hydroxylation is 2. The quantitative estimate of drug-likeness (QED) is 0.547. The van der Waals surface area contributed by atoms with E-state index in [-0.39, 0.29) is 11.8 Å². The van der Waals surface area contributed by atoms with Crippen molar-refractivity contribution >= 4 is 17.4 Å². The van der Waals surface area contributed by atoms with Crippen molar-refractivity contribution in [2.75, 3.05) is 7.05 Å². The fourth-order valence-corrected chi connectivity index (χ4v) is 6.50. The maximum atomic E-state index is 13.2. The van der Waals surface area contributed by atoms with Crippen LogP contribution in [0.3, 0.4) is 0 Å². The van der Waals surface area contributed by atoms with Gasteiger partial charge in [-0.25, -0.2) is 0 Å². The average molecular weight is 365 g/mol. The standard InChI is InChI=1S/C23H27NO3/c1-11-5-18(13(3)27-11)12(2)19-21(23(26)24(4)22(19)25)20-16-7-14-6-15(9-16)10-17(20)8-14/h5,14-17H,6-10H2,1-4H3/b19-12+,21-20?. The van der Waals surface area contributed by atoms with Crippen molar-refractivity contribution in [2.24, 2.45) is 23.7 Å². The summed E-state index contributed by atoms with van der Waals surface area (Å²) in [6.07, 6.45) is 6.18. The van der Waals surface area contributed by atoms with Crippen molar-refractivity contribution in [3.05, 3.63) is 39.9 Å². The minimum atomic E-state index is -0.160. The molecule has 0 aromatic carbocycles. The van der Waals surface area contributed by atoms with Gasteiger partial charge < -0.3 is 4.42 Å². The number of furan rings is 1. The molecular weight excluding hydrogens is 338 g/mol. The van der Waals surface area contributed by atoms with Crippen molar-refractivity contribution < 1.29 is 14.0 Å². The van der Waals surface area contributed by atoms with Gasteiger partial charge in [-0.3, -0.25) is 14.5 Å². The third-order valence-corrected chi connectivity index (χ3v) is 7.41. The fourth-order valence-electron chi connectivity index (χ4n) is 6.50. The molecule has 4 aliphatic carbocycles. The van der Waals surface area contributed by atoms with Gasteiger partial charge in [0.25, 0.3) is 11.8 Å². The van der Waals surface area contributed by atoms with Crippen LogP contribution in [0.25, 0.3) is 5.57 Å². The highest BCUT2D eigenvalue weighted by molar-refractivity contribution is 6.27. The monoisotopic (exact) mass is 365 g/mol. The first kappa shape index (κ1) is 17.0. The zero-order chi connectivity index (χ0) is 19.0. The predicted octanol–water partition coefficient (Wildman–Crippen LogP) is 4.42. The fraction of sp³-hybridized carbons (Fsp3) is 0.565. The van der Waals surface area contributed by atoms with E-state index in [0.29, 0.717) is 17.4 Å². The Kier molecular flexibility index (Phi) is 3.59. The Morgan fingerprint density at radius 3 is 2.11 bits per heavy atom. The largest absolute Gasteiger partial charge is 0.466 e. The molecule has 4 nitrogen and oxygen atoms in total. The third-order valence-electron chi connectivity index (χ3n) is 7.41. The van der Waals surface area contributed by atoms with Crippen molar-refractivity contribution in [3.8, 4) is 0 Å². The molecule has 2 heterocycles. The van der Waals surface area contributed by atoms with Crippen LogP contribution in [0.1, 0.15) is 56.1 Å². The van der Waals surface area contributed by atoms with Crippen molar-refractivity contribution in [1.29, 1.82) is 0 Å². The second-order valence-electron chi connectivity index (χ2n) is 9.13. The number of nitrogens with zero attached hydrogens (tertiary/aromatic N) is 1. The number of hydrogen-bond donors (Lipinski definition) is 0. The molecule has 5 aliphatic rings. The van der Waals surface area contributed by atoms with Gasteiger partial charge in [0, 0.05) is 12.6 Å². The molecule has 0 radical (unpaired) electrons. The molecule has 4 bridgehead atoms. The molecule has 0 atom stereocenters. The molecule has 1 aliphatic heterocycles. The van der Waals surface area contributed by atoms with Gasteiger partial charge in [-0.05, 0) is 88.2 Å². The number of likely N-dealkylation sites (N-methyl/N-ethyl adjacent to an activating group) is 1. The summed E-state index contributed by atoms with van der Waals surface area (Å²) in [7, 11) is 1.62. The smallest absolute Gasteiger partial charge is 0.261 e. The molecule has 0 spiro atoms. The van der Waals surface area contributed by atoms with Crippen LogP contribution in [0.5, 0.6) is 0 Å². The van der Waals surface area contributed by atoms with E-state index in [4.69, 9.17) is 4.42 Å². The van der Waals surface area contributed by atoms with Gasteiger partial charge in [-0.2, -0.15) is 0 Å². The zero-order valence-electron chi connectivity index (χ0n) is 16.6. The highest BCUT2D eigenvalue weighted by Crippen LogP contribution is 2.58. The highest BCUT2D eigenvalue weighted by Gasteiger charge is 2.50. The van der Waals surface area contributed by atoms with Crippen molar-refractivity contribution in [2.45, 2.75) is 52.9 Å². The summed E-state index contributed by atoms with van der Waals surface area (Å²) in [5.74, 6) is 4.02. The molecule has 5 fully saturated rings. The maximum absolute atomic E-state index is 13.2. The van der Waals surface area contributed by atoms with Crippen LogP contribution in [0.15, 0.2) is 27.2 Å². The topological polar surface area (TPSA) is 50.5 Å². The second kappa shape index (κ2) is 5.70. The molecular formula is C23H27NO3. The van der Waals surface area contributed by atoms with Gasteiger partial charge in [0.05, 0.1) is 11.1 Å². The third kappa shape index (κ3) is 2.35. The molecule has 0 unspecified atom stereocenters. The van der Waals surface area contributed by atoms with Crippen LogP contribution >= 0.6 is 0 Å². The minimum Gasteiger partial charge on any atom is -0.466 e. The number of allylic oxidation sites excluding steroid dienone is 2. The Bertz CT molecular complexity index is 899. The zero-order valence-corrected chi connectivity index (χ0v) is 16.6. The van der Waals surface area contributed by atoms with Gasteiger partial charge >= 0.3 is 0 Å². The first-order valence-corrected chi connectivity index (χ1v) is 10.2. The van der Waals surface area contributed by atoms with E-state index < -0.39 is 0 Å². The Morgan fingerprint density at radius 2 is 1.59 bits per heavy atom. The number of carbonyl (C=O) groups is 2. The SMILES string of the molecule is C/C(=C1\C(=O)N(C)C(=O)C1=C1C2CC3CC(C2)CC1C3)c1cc(C)oc1C. The lowest BCUT2D eigenvalue weighted by Gasteiger charge is -2.52. The first-order valence-electron chi connectivity index (χ1n) is 10.2. The van der Waals surface area contributed by atoms with E-state index in [0.717, 1.165) is 40.1 Å². The predicted molar refractivity (Wildman–Crippen MR) is 103 cm³/mol. The molecule has 1 aromatic rings. The number of imide groups is 1. The molecule has 4 heteroatoms. The summed E-state index contributed by atoms with van der Waals surface area (Å²) in [4.78, 5) is 27.6. The van der Waals surface area contributed by atoms with E-state index in [1.807, 2.05) is 26.8 Å². The molecule has 1 aromatic heterocycles. The number of hydrogen-bond acceptors (Lipinski definition) is 3. The van der Waals surface area contributed by atoms with E-state index in [1.54, 1.807) is 7.05 Å². The summed E-state index contributed by atoms with van der Waals surface area (Å²) < 4.78 is 5.70. The van der Waals surface area contributed by atoms with E-state index in [2.05, 4.69) is 0 Å². The van der Waals surface area contributed by atoms with Crippen LogP contribution in [-0.2, 0) is 9.59 Å². The maximum Gasteiger partial charge on any atom is 0.261 e. The van der Waals surface area contributed by atoms with E-state index in [9.17, 15) is 9.59 Å². The molecule has 0 N–H and O–H groups in total. The molecule has 27 heavy (non-hydrogen) atoms. The van der Waals surface area contributed by atoms with Crippen LogP contribution in [0, 0.1) is 37.5 Å². The number of carbonyl (C=O) groups excluding carboxylic acids is 2. The van der Waals surface area contributed by atoms with Gasteiger partial charge in [0.15, 0.2) is 0 Å². The van der Waals surface area contributed by atoms with Crippen LogP contribution in [0.2, 0.25) is 0 Å². The van der Waals surface area contributed by atoms with Crippen LogP contribution in [-0.4, -0.2) is 23.8 Å². The lowest BCUT2D eigenvalue weighted by atomic mass is 9.53. The lowest BCUT2D eigenvalue weighted by Crippen LogP contribution is -2.41. The Morgan fingerprint density at radius 1 is 1.00 bits per heavy atom. The highest BCUT2D eigenvalue weighted by atomic mass is 16.3. The molecule has 2 amide bonds. The number of likely N-dealkylation sites (tertiary alicyclic amines) is 1. The summed E-state index contributed by atoms with van der Waals surface area (Å²) in [5.41, 5.74) is 4.47. The lowest BCUT2D eigenvalue weighted by molar-refractivity contribution is -0.134. The second-order valence-corrected chi connectivity index (χ2v) is 9.13. The molecule has 142 valence electrons. The Labute approximate surface area is 160 Å². The minimum absolute atomic E-state index is 0.102. The van der Waals surface area contributed by atoms with Gasteiger partial charge in [-0.1, -0.05) is 5.57 Å².